The number of rotatable bonds is 4. The van der Waals surface area contributed by atoms with E-state index in [9.17, 15) is 4.79 Å². The molecule has 1 amide bonds. The van der Waals surface area contributed by atoms with E-state index >= 15 is 0 Å². The van der Waals surface area contributed by atoms with Crippen molar-refractivity contribution in [1.82, 2.24) is 20.6 Å². The summed E-state index contributed by atoms with van der Waals surface area (Å²) in [6.45, 7) is 6.01. The number of amides is 1. The molecule has 4 rings (SSSR count). The average molecular weight is 410 g/mol. The zero-order valence-corrected chi connectivity index (χ0v) is 17.4. The fourth-order valence-electron chi connectivity index (χ4n) is 3.76. The van der Waals surface area contributed by atoms with Gasteiger partial charge in [-0.2, -0.15) is 0 Å². The second-order valence-corrected chi connectivity index (χ2v) is 8.02. The largest absolute Gasteiger partial charge is 0.323 e. The molecule has 7 heteroatoms. The Morgan fingerprint density at radius 1 is 1.10 bits per heavy atom. The third-order valence-electron chi connectivity index (χ3n) is 5.42. The first-order valence-corrected chi connectivity index (χ1v) is 10.1. The third-order valence-corrected chi connectivity index (χ3v) is 5.67. The predicted octanol–water partition coefficient (Wildman–Crippen LogP) is 3.56. The van der Waals surface area contributed by atoms with Crippen molar-refractivity contribution >= 4 is 34.4 Å². The molecule has 1 saturated heterocycles. The molecule has 2 aromatic carbocycles. The lowest BCUT2D eigenvalue weighted by Gasteiger charge is -2.36. The maximum absolute atomic E-state index is 12.8. The van der Waals surface area contributed by atoms with E-state index in [4.69, 9.17) is 11.6 Å². The SMILES string of the molecule is Cc1nc(NC2NC(=O)C(Cc3ccc(Cl)cc3)C(C)N2)nc2c(C)cccc12. The fourth-order valence-corrected chi connectivity index (χ4v) is 3.89. The van der Waals surface area contributed by atoms with Crippen LogP contribution in [0.4, 0.5) is 5.95 Å². The molecule has 1 aliphatic rings. The van der Waals surface area contributed by atoms with Crippen LogP contribution in [0.2, 0.25) is 5.02 Å². The monoisotopic (exact) mass is 409 g/mol. The molecule has 0 radical (unpaired) electrons. The Labute approximate surface area is 175 Å². The summed E-state index contributed by atoms with van der Waals surface area (Å²) in [6, 6.07) is 13.7. The van der Waals surface area contributed by atoms with E-state index in [2.05, 4.69) is 25.9 Å². The van der Waals surface area contributed by atoms with E-state index in [1.54, 1.807) is 0 Å². The minimum atomic E-state index is -0.431. The Kier molecular flexibility index (Phi) is 5.39. The Bertz CT molecular complexity index is 1050. The molecule has 29 heavy (non-hydrogen) atoms. The summed E-state index contributed by atoms with van der Waals surface area (Å²) in [5.41, 5.74) is 3.99. The second-order valence-electron chi connectivity index (χ2n) is 7.58. The molecule has 1 aliphatic heterocycles. The first-order chi connectivity index (χ1) is 13.9. The van der Waals surface area contributed by atoms with Crippen molar-refractivity contribution in [2.24, 2.45) is 5.92 Å². The maximum Gasteiger partial charge on any atom is 0.227 e. The molecule has 1 aromatic heterocycles. The summed E-state index contributed by atoms with van der Waals surface area (Å²) >= 11 is 5.95. The maximum atomic E-state index is 12.8. The normalized spacial score (nSPS) is 21.8. The molecule has 1 fully saturated rings. The van der Waals surface area contributed by atoms with Gasteiger partial charge in [-0.1, -0.05) is 41.9 Å². The molecule has 150 valence electrons. The van der Waals surface area contributed by atoms with Crippen molar-refractivity contribution in [1.29, 1.82) is 0 Å². The van der Waals surface area contributed by atoms with Crippen LogP contribution in [0.15, 0.2) is 42.5 Å². The number of halogens is 1. The van der Waals surface area contributed by atoms with Crippen LogP contribution < -0.4 is 16.0 Å². The smallest absolute Gasteiger partial charge is 0.227 e. The second kappa shape index (κ2) is 7.97. The van der Waals surface area contributed by atoms with Crippen molar-refractivity contribution < 1.29 is 4.79 Å². The number of aromatic nitrogens is 2. The third kappa shape index (κ3) is 4.18. The van der Waals surface area contributed by atoms with E-state index in [1.165, 1.54) is 0 Å². The van der Waals surface area contributed by atoms with Crippen molar-refractivity contribution in [3.63, 3.8) is 0 Å². The number of nitrogens with zero attached hydrogens (tertiary/aromatic N) is 2. The lowest BCUT2D eigenvalue weighted by atomic mass is 9.91. The highest BCUT2D eigenvalue weighted by Crippen LogP contribution is 2.22. The molecule has 0 spiro atoms. The number of benzene rings is 2. The Morgan fingerprint density at radius 2 is 1.86 bits per heavy atom. The number of para-hydroxylation sites is 1. The molecule has 0 aliphatic carbocycles. The van der Waals surface area contributed by atoms with Crippen LogP contribution >= 0.6 is 11.6 Å². The van der Waals surface area contributed by atoms with Crippen molar-refractivity contribution in [3.8, 4) is 0 Å². The van der Waals surface area contributed by atoms with Gasteiger partial charge in [-0.25, -0.2) is 9.97 Å². The van der Waals surface area contributed by atoms with Gasteiger partial charge < -0.3 is 10.6 Å². The molecule has 0 bridgehead atoms. The topological polar surface area (TPSA) is 78.9 Å². The first kappa shape index (κ1) is 19.6. The van der Waals surface area contributed by atoms with Crippen molar-refractivity contribution in [3.05, 3.63) is 64.3 Å². The number of hydrogen-bond donors (Lipinski definition) is 3. The zero-order valence-electron chi connectivity index (χ0n) is 16.7. The quantitative estimate of drug-likeness (QED) is 0.614. The van der Waals surface area contributed by atoms with Gasteiger partial charge in [0.25, 0.3) is 0 Å². The van der Waals surface area contributed by atoms with E-state index in [-0.39, 0.29) is 17.9 Å². The van der Waals surface area contributed by atoms with Gasteiger partial charge in [-0.3, -0.25) is 10.1 Å². The van der Waals surface area contributed by atoms with Crippen molar-refractivity contribution in [2.75, 3.05) is 5.32 Å². The van der Waals surface area contributed by atoms with Gasteiger partial charge in [0.2, 0.25) is 11.9 Å². The van der Waals surface area contributed by atoms with Crippen LogP contribution in [-0.2, 0) is 11.2 Å². The highest BCUT2D eigenvalue weighted by molar-refractivity contribution is 6.30. The van der Waals surface area contributed by atoms with Gasteiger partial charge in [0.1, 0.15) is 0 Å². The van der Waals surface area contributed by atoms with Gasteiger partial charge in [-0.15, -0.1) is 0 Å². The number of carbonyl (C=O) groups excluding carboxylic acids is 1. The Balaban J connectivity index is 1.48. The molecule has 3 unspecified atom stereocenters. The highest BCUT2D eigenvalue weighted by atomic mass is 35.5. The van der Waals surface area contributed by atoms with E-state index in [0.717, 1.165) is 27.7 Å². The van der Waals surface area contributed by atoms with Crippen LogP contribution in [0, 0.1) is 19.8 Å². The fraction of sp³-hybridized carbons (Fsp3) is 0.318. The van der Waals surface area contributed by atoms with Gasteiger partial charge in [0.05, 0.1) is 17.1 Å². The summed E-state index contributed by atoms with van der Waals surface area (Å²) in [4.78, 5) is 22.0. The number of nitrogens with one attached hydrogen (secondary N) is 3. The Morgan fingerprint density at radius 3 is 2.59 bits per heavy atom. The summed E-state index contributed by atoms with van der Waals surface area (Å²) in [6.07, 6.45) is 0.217. The van der Waals surface area contributed by atoms with Crippen LogP contribution in [0.3, 0.4) is 0 Å². The summed E-state index contributed by atoms with van der Waals surface area (Å²) in [5, 5.41) is 11.3. The molecular formula is C22H24ClN5O. The molecular weight excluding hydrogens is 386 g/mol. The molecule has 6 nitrogen and oxygen atoms in total. The minimum absolute atomic E-state index is 0.00242. The van der Waals surface area contributed by atoms with E-state index in [0.29, 0.717) is 17.4 Å². The summed E-state index contributed by atoms with van der Waals surface area (Å²) in [7, 11) is 0. The van der Waals surface area contributed by atoms with Crippen molar-refractivity contribution in [2.45, 2.75) is 39.5 Å². The average Bonchev–Trinajstić information content (AvgIpc) is 2.67. The number of hydrogen-bond acceptors (Lipinski definition) is 5. The van der Waals surface area contributed by atoms with Gasteiger partial charge in [0, 0.05) is 16.5 Å². The Hall–Kier alpha value is -2.70. The highest BCUT2D eigenvalue weighted by Gasteiger charge is 2.33. The molecule has 3 N–H and O–H groups in total. The number of fused-ring (bicyclic) bond motifs is 1. The van der Waals surface area contributed by atoms with Crippen LogP contribution in [-0.4, -0.2) is 28.2 Å². The molecule has 3 aromatic rings. The van der Waals surface area contributed by atoms with E-state index in [1.807, 2.05) is 63.2 Å². The summed E-state index contributed by atoms with van der Waals surface area (Å²) < 4.78 is 0. The molecule has 0 saturated carbocycles. The van der Waals surface area contributed by atoms with Gasteiger partial charge >= 0.3 is 0 Å². The standard InChI is InChI=1S/C22H24ClN5O/c1-12-5-4-6-17-13(2)24-21(26-19(12)17)28-22-25-14(3)18(20(29)27-22)11-15-7-9-16(23)10-8-15/h4-10,14,18,22,25H,11H2,1-3H3,(H,27,29)(H,24,26,28). The minimum Gasteiger partial charge on any atom is -0.323 e. The first-order valence-electron chi connectivity index (χ1n) is 9.72. The zero-order chi connectivity index (χ0) is 20.5. The van der Waals surface area contributed by atoms with Gasteiger partial charge in [0.15, 0.2) is 6.29 Å². The lowest BCUT2D eigenvalue weighted by Crippen LogP contribution is -2.63. The van der Waals surface area contributed by atoms with E-state index < -0.39 is 6.29 Å². The predicted molar refractivity (Wildman–Crippen MR) is 116 cm³/mol. The number of aryl methyl sites for hydroxylation is 2. The molecule has 2 heterocycles. The van der Waals surface area contributed by atoms with Crippen LogP contribution in [0.25, 0.3) is 10.9 Å². The van der Waals surface area contributed by atoms with Crippen LogP contribution in [0.5, 0.6) is 0 Å². The van der Waals surface area contributed by atoms with Crippen LogP contribution in [0.1, 0.15) is 23.7 Å². The lowest BCUT2D eigenvalue weighted by molar-refractivity contribution is -0.128. The summed E-state index contributed by atoms with van der Waals surface area (Å²) in [5.74, 6) is 0.318. The molecule has 3 atom stereocenters. The number of anilines is 1. The number of carbonyl (C=O) groups is 1. The van der Waals surface area contributed by atoms with Gasteiger partial charge in [-0.05, 0) is 50.5 Å².